The first-order valence-corrected chi connectivity index (χ1v) is 11.8. The van der Waals surface area contributed by atoms with E-state index in [2.05, 4.69) is 16.0 Å². The topological polar surface area (TPSA) is 66.0 Å². The van der Waals surface area contributed by atoms with Gasteiger partial charge in [-0.25, -0.2) is 0 Å². The molecule has 0 unspecified atom stereocenters. The van der Waals surface area contributed by atoms with E-state index in [1.807, 2.05) is 53.4 Å². The lowest BCUT2D eigenvalue weighted by atomic mass is 9.75. The number of fused-ring (bicyclic) bond motifs is 2. The molecule has 5 rings (SSSR count). The largest absolute Gasteiger partial charge is 0.497 e. The van der Waals surface area contributed by atoms with Gasteiger partial charge in [0.15, 0.2) is 0 Å². The van der Waals surface area contributed by atoms with Crippen LogP contribution in [0.3, 0.4) is 0 Å². The van der Waals surface area contributed by atoms with Crippen molar-refractivity contribution >= 4 is 11.8 Å². The van der Waals surface area contributed by atoms with Gasteiger partial charge in [-0.15, -0.1) is 0 Å². The Kier molecular flexibility index (Phi) is 5.83. The van der Waals surface area contributed by atoms with Crippen LogP contribution in [0.5, 0.6) is 5.75 Å². The maximum atomic E-state index is 13.2. The van der Waals surface area contributed by atoms with Crippen LogP contribution >= 0.6 is 0 Å². The molecule has 7 nitrogen and oxygen atoms in total. The number of aromatic nitrogens is 1. The summed E-state index contributed by atoms with van der Waals surface area (Å²) in [6.07, 6.45) is 5.77. The number of piperidine rings is 1. The van der Waals surface area contributed by atoms with E-state index in [0.717, 1.165) is 43.8 Å². The molecule has 4 heterocycles. The van der Waals surface area contributed by atoms with Gasteiger partial charge in [-0.1, -0.05) is 18.2 Å². The van der Waals surface area contributed by atoms with Crippen LogP contribution in [0, 0.1) is 11.8 Å². The first-order chi connectivity index (χ1) is 16.0. The molecule has 0 radical (unpaired) electrons. The van der Waals surface area contributed by atoms with E-state index in [9.17, 15) is 9.59 Å². The fraction of sp³-hybridized carbons (Fsp3) is 0.500. The minimum Gasteiger partial charge on any atom is -0.497 e. The van der Waals surface area contributed by atoms with Crippen LogP contribution in [0.2, 0.25) is 0 Å². The van der Waals surface area contributed by atoms with Crippen LogP contribution in [-0.2, 0) is 22.6 Å². The Balaban J connectivity index is 1.24. The zero-order valence-corrected chi connectivity index (χ0v) is 19.4. The maximum absolute atomic E-state index is 13.2. The Morgan fingerprint density at radius 1 is 1.15 bits per heavy atom. The Bertz CT molecular complexity index is 1020. The molecule has 7 heteroatoms. The number of ether oxygens (including phenoxy) is 1. The standard InChI is InChI=1S/C26H32N4O3/c1-28-25(32)22-17-29(16-20-6-4-10-27-15-20)18-23(22)26(28)8-11-30(12-9-26)24(31)14-19-5-3-7-21(13-19)33-2/h3-7,10,13,15,22-23H,8-9,11-12,14,16-18H2,1-2H3/t22-,23+/m0/s1. The summed E-state index contributed by atoms with van der Waals surface area (Å²) in [7, 11) is 3.61. The number of amides is 2. The number of carbonyl (C=O) groups excluding carboxylic acids is 2. The van der Waals surface area contributed by atoms with Gasteiger partial charge >= 0.3 is 0 Å². The highest BCUT2D eigenvalue weighted by atomic mass is 16.5. The van der Waals surface area contributed by atoms with E-state index in [4.69, 9.17) is 4.74 Å². The third-order valence-corrected chi connectivity index (χ3v) is 8.00. The summed E-state index contributed by atoms with van der Waals surface area (Å²) in [5.74, 6) is 1.57. The molecule has 174 valence electrons. The quantitative estimate of drug-likeness (QED) is 0.702. The van der Waals surface area contributed by atoms with Gasteiger partial charge in [0.05, 0.1) is 25.0 Å². The second-order valence-electron chi connectivity index (χ2n) is 9.68. The third kappa shape index (κ3) is 3.99. The van der Waals surface area contributed by atoms with Crippen LogP contribution in [0.15, 0.2) is 48.8 Å². The highest BCUT2D eigenvalue weighted by Crippen LogP contribution is 2.49. The van der Waals surface area contributed by atoms with Crippen molar-refractivity contribution in [3.05, 3.63) is 59.9 Å². The molecule has 1 spiro atoms. The van der Waals surface area contributed by atoms with Crippen molar-refractivity contribution in [2.75, 3.05) is 40.3 Å². The molecule has 3 aliphatic rings. The van der Waals surface area contributed by atoms with E-state index in [-0.39, 0.29) is 23.3 Å². The highest BCUT2D eigenvalue weighted by Gasteiger charge is 2.60. The summed E-state index contributed by atoms with van der Waals surface area (Å²) >= 11 is 0. The van der Waals surface area contributed by atoms with Crippen molar-refractivity contribution in [2.24, 2.45) is 11.8 Å². The third-order valence-electron chi connectivity index (χ3n) is 8.00. The average molecular weight is 449 g/mol. The predicted molar refractivity (Wildman–Crippen MR) is 125 cm³/mol. The van der Waals surface area contributed by atoms with E-state index in [1.165, 1.54) is 5.56 Å². The van der Waals surface area contributed by atoms with Crippen molar-refractivity contribution < 1.29 is 14.3 Å². The van der Waals surface area contributed by atoms with Crippen LogP contribution < -0.4 is 4.74 Å². The minimum atomic E-state index is -0.141. The Labute approximate surface area is 195 Å². The second-order valence-corrected chi connectivity index (χ2v) is 9.68. The van der Waals surface area contributed by atoms with Gasteiger partial charge in [0.25, 0.3) is 0 Å². The van der Waals surface area contributed by atoms with Crippen molar-refractivity contribution in [1.82, 2.24) is 19.7 Å². The second kappa shape index (κ2) is 8.78. The SMILES string of the molecule is COc1cccc(CC(=O)N2CCC3(CC2)[C@@H]2CN(Cc4cccnc4)C[C@@H]2C(=O)N3C)c1. The summed E-state index contributed by atoms with van der Waals surface area (Å²) in [5, 5.41) is 0. The summed E-state index contributed by atoms with van der Waals surface area (Å²) in [6.45, 7) is 3.97. The smallest absolute Gasteiger partial charge is 0.227 e. The number of hydrogen-bond acceptors (Lipinski definition) is 5. The Morgan fingerprint density at radius 2 is 1.94 bits per heavy atom. The van der Waals surface area contributed by atoms with Gasteiger partial charge in [-0.05, 0) is 42.2 Å². The van der Waals surface area contributed by atoms with Gasteiger partial charge < -0.3 is 14.5 Å². The summed E-state index contributed by atoms with van der Waals surface area (Å²) in [6, 6.07) is 11.8. The van der Waals surface area contributed by atoms with E-state index < -0.39 is 0 Å². The zero-order chi connectivity index (χ0) is 23.0. The Hall–Kier alpha value is -2.93. The molecule has 33 heavy (non-hydrogen) atoms. The van der Waals surface area contributed by atoms with Crippen molar-refractivity contribution in [1.29, 1.82) is 0 Å². The van der Waals surface area contributed by atoms with Crippen molar-refractivity contribution in [3.8, 4) is 5.75 Å². The fourth-order valence-corrected chi connectivity index (χ4v) is 6.19. The predicted octanol–water partition coefficient (Wildman–Crippen LogP) is 2.21. The monoisotopic (exact) mass is 448 g/mol. The summed E-state index contributed by atoms with van der Waals surface area (Å²) in [5.41, 5.74) is 2.01. The molecule has 0 bridgehead atoms. The first kappa shape index (κ1) is 21.9. The molecule has 0 N–H and O–H groups in total. The van der Waals surface area contributed by atoms with Gasteiger partial charge in [-0.3, -0.25) is 19.5 Å². The van der Waals surface area contributed by atoms with Crippen molar-refractivity contribution in [2.45, 2.75) is 31.3 Å². The summed E-state index contributed by atoms with van der Waals surface area (Å²) < 4.78 is 5.28. The fourth-order valence-electron chi connectivity index (χ4n) is 6.19. The number of likely N-dealkylation sites (tertiary alicyclic amines) is 3. The van der Waals surface area contributed by atoms with Gasteiger partial charge in [-0.2, -0.15) is 0 Å². The number of carbonyl (C=O) groups is 2. The zero-order valence-electron chi connectivity index (χ0n) is 19.4. The molecular weight excluding hydrogens is 416 g/mol. The minimum absolute atomic E-state index is 0.0608. The van der Waals surface area contributed by atoms with Crippen molar-refractivity contribution in [3.63, 3.8) is 0 Å². The number of nitrogens with zero attached hydrogens (tertiary/aromatic N) is 4. The van der Waals surface area contributed by atoms with E-state index >= 15 is 0 Å². The lowest BCUT2D eigenvalue weighted by molar-refractivity contribution is -0.136. The van der Waals surface area contributed by atoms with Gasteiger partial charge in [0.2, 0.25) is 11.8 Å². The molecule has 2 amide bonds. The number of pyridine rings is 1. The molecule has 0 aliphatic carbocycles. The summed E-state index contributed by atoms with van der Waals surface area (Å²) in [4.78, 5) is 36.8. The number of benzene rings is 1. The van der Waals surface area contributed by atoms with Crippen LogP contribution in [0.25, 0.3) is 0 Å². The lowest BCUT2D eigenvalue weighted by Gasteiger charge is -2.46. The maximum Gasteiger partial charge on any atom is 0.227 e. The molecule has 0 saturated carbocycles. The molecule has 2 aromatic rings. The van der Waals surface area contributed by atoms with Gasteiger partial charge in [0.1, 0.15) is 5.75 Å². The van der Waals surface area contributed by atoms with Crippen LogP contribution in [0.4, 0.5) is 0 Å². The molecule has 3 fully saturated rings. The highest BCUT2D eigenvalue weighted by molar-refractivity contribution is 5.84. The number of rotatable bonds is 5. The van der Waals surface area contributed by atoms with Gasteiger partial charge in [0, 0.05) is 58.1 Å². The van der Waals surface area contributed by atoms with Crippen LogP contribution in [-0.4, -0.2) is 77.4 Å². The van der Waals surface area contributed by atoms with E-state index in [0.29, 0.717) is 25.4 Å². The molecule has 1 aromatic carbocycles. The molecule has 3 saturated heterocycles. The number of hydrogen-bond donors (Lipinski definition) is 0. The number of methoxy groups -OCH3 is 1. The lowest BCUT2D eigenvalue weighted by Crippen LogP contribution is -2.56. The molecule has 3 aliphatic heterocycles. The molecular formula is C26H32N4O3. The molecule has 1 aromatic heterocycles. The molecule has 2 atom stereocenters. The average Bonchev–Trinajstić information content (AvgIpc) is 3.34. The first-order valence-electron chi connectivity index (χ1n) is 11.8. The normalized spacial score (nSPS) is 24.4. The van der Waals surface area contributed by atoms with E-state index in [1.54, 1.807) is 13.3 Å². The Morgan fingerprint density at radius 3 is 2.67 bits per heavy atom. The van der Waals surface area contributed by atoms with Crippen LogP contribution in [0.1, 0.15) is 24.0 Å².